The molecule has 1 aromatic carbocycles. The minimum atomic E-state index is -0.844. The zero-order valence-electron chi connectivity index (χ0n) is 10.6. The van der Waals surface area contributed by atoms with Crippen molar-refractivity contribution < 1.29 is 19.0 Å². The number of carboxylic acid groups (broad SMARTS) is 1. The van der Waals surface area contributed by atoms with Gasteiger partial charge in [-0.05, 0) is 12.1 Å². The van der Waals surface area contributed by atoms with Gasteiger partial charge in [0.1, 0.15) is 5.82 Å². The van der Waals surface area contributed by atoms with Crippen LogP contribution in [0.15, 0.2) is 12.1 Å². The molecule has 1 aliphatic heterocycles. The average molecular weight is 322 g/mol. The van der Waals surface area contributed by atoms with Crippen molar-refractivity contribution in [2.45, 2.75) is 12.5 Å². The van der Waals surface area contributed by atoms with Crippen molar-refractivity contribution in [3.63, 3.8) is 0 Å². The lowest BCUT2D eigenvalue weighted by Crippen LogP contribution is -2.39. The van der Waals surface area contributed by atoms with Crippen molar-refractivity contribution in [3.8, 4) is 0 Å². The Bertz CT molecular complexity index is 513. The average Bonchev–Trinajstić information content (AvgIpc) is 2.41. The van der Waals surface area contributed by atoms with E-state index >= 15 is 0 Å². The second kappa shape index (κ2) is 6.72. The molecule has 4 nitrogen and oxygen atoms in total. The molecule has 1 heterocycles. The predicted molar refractivity (Wildman–Crippen MR) is 73.8 cm³/mol. The molecule has 0 spiro atoms. The molecule has 2 rings (SSSR count). The number of rotatable bonds is 4. The highest BCUT2D eigenvalue weighted by Crippen LogP contribution is 2.32. The van der Waals surface area contributed by atoms with Crippen molar-refractivity contribution in [2.75, 3.05) is 26.2 Å². The molecular formula is C13H14Cl2FNO3. The standard InChI is InChI=1S/C13H14Cl2FNO3/c14-9-6-10(15)11(16)5-8(9)12-7-17(3-4-20-12)2-1-13(18)19/h5-6,12H,1-4,7H2,(H,18,19)/t12-/m1/s1. The molecular weight excluding hydrogens is 308 g/mol. The topological polar surface area (TPSA) is 49.8 Å². The van der Waals surface area contributed by atoms with E-state index in [1.807, 2.05) is 4.90 Å². The first-order valence-corrected chi connectivity index (χ1v) is 6.93. The maximum absolute atomic E-state index is 13.5. The molecule has 1 atom stereocenters. The third-order valence-electron chi connectivity index (χ3n) is 3.18. The van der Waals surface area contributed by atoms with Gasteiger partial charge < -0.3 is 9.84 Å². The maximum Gasteiger partial charge on any atom is 0.304 e. The highest BCUT2D eigenvalue weighted by atomic mass is 35.5. The summed E-state index contributed by atoms with van der Waals surface area (Å²) in [5.41, 5.74) is 0.536. The number of benzene rings is 1. The minimum Gasteiger partial charge on any atom is -0.481 e. The molecule has 0 aliphatic carbocycles. The monoisotopic (exact) mass is 321 g/mol. The van der Waals surface area contributed by atoms with E-state index in [9.17, 15) is 9.18 Å². The van der Waals surface area contributed by atoms with Crippen LogP contribution in [0.25, 0.3) is 0 Å². The maximum atomic E-state index is 13.5. The molecule has 7 heteroatoms. The van der Waals surface area contributed by atoms with Crippen LogP contribution in [-0.4, -0.2) is 42.2 Å². The highest BCUT2D eigenvalue weighted by molar-refractivity contribution is 6.35. The van der Waals surface area contributed by atoms with Crippen LogP contribution in [0.4, 0.5) is 4.39 Å². The van der Waals surface area contributed by atoms with Gasteiger partial charge in [0.2, 0.25) is 0 Å². The van der Waals surface area contributed by atoms with Gasteiger partial charge in [-0.25, -0.2) is 4.39 Å². The molecule has 0 radical (unpaired) electrons. The van der Waals surface area contributed by atoms with E-state index in [-0.39, 0.29) is 17.5 Å². The summed E-state index contributed by atoms with van der Waals surface area (Å²) in [5.74, 6) is -1.39. The largest absolute Gasteiger partial charge is 0.481 e. The van der Waals surface area contributed by atoms with Crippen LogP contribution in [0.1, 0.15) is 18.1 Å². The van der Waals surface area contributed by atoms with Crippen molar-refractivity contribution in [2.24, 2.45) is 0 Å². The van der Waals surface area contributed by atoms with Gasteiger partial charge in [0, 0.05) is 30.2 Å². The summed E-state index contributed by atoms with van der Waals surface area (Å²) in [6.07, 6.45) is -0.313. The van der Waals surface area contributed by atoms with Gasteiger partial charge in [-0.1, -0.05) is 23.2 Å². The molecule has 1 saturated heterocycles. The molecule has 0 unspecified atom stereocenters. The zero-order chi connectivity index (χ0) is 14.7. The Hall–Kier alpha value is -0.880. The number of nitrogens with zero attached hydrogens (tertiary/aromatic N) is 1. The van der Waals surface area contributed by atoms with Crippen LogP contribution in [-0.2, 0) is 9.53 Å². The predicted octanol–water partition coefficient (Wildman–Crippen LogP) is 2.98. The van der Waals surface area contributed by atoms with Gasteiger partial charge in [-0.15, -0.1) is 0 Å². The van der Waals surface area contributed by atoms with E-state index in [4.69, 9.17) is 33.0 Å². The van der Waals surface area contributed by atoms with E-state index in [0.29, 0.717) is 36.8 Å². The fourth-order valence-corrected chi connectivity index (χ4v) is 2.64. The van der Waals surface area contributed by atoms with E-state index in [1.54, 1.807) is 0 Å². The fourth-order valence-electron chi connectivity index (χ4n) is 2.13. The van der Waals surface area contributed by atoms with Crippen LogP contribution in [0.5, 0.6) is 0 Å². The number of ether oxygens (including phenoxy) is 1. The van der Waals surface area contributed by atoms with Gasteiger partial charge >= 0.3 is 5.97 Å². The number of morpholine rings is 1. The number of aliphatic carboxylic acids is 1. The van der Waals surface area contributed by atoms with E-state index in [1.165, 1.54) is 12.1 Å². The molecule has 0 aromatic heterocycles. The summed E-state index contributed by atoms with van der Waals surface area (Å²) < 4.78 is 19.1. The highest BCUT2D eigenvalue weighted by Gasteiger charge is 2.25. The molecule has 1 aliphatic rings. The SMILES string of the molecule is O=C(O)CCN1CCO[C@@H](c2cc(F)c(Cl)cc2Cl)C1. The Morgan fingerprint density at radius 1 is 1.45 bits per heavy atom. The Labute approximate surface area is 126 Å². The molecule has 0 amide bonds. The van der Waals surface area contributed by atoms with Gasteiger partial charge in [0.05, 0.1) is 24.2 Å². The summed E-state index contributed by atoms with van der Waals surface area (Å²) in [6, 6.07) is 2.63. The minimum absolute atomic E-state index is 0.0303. The molecule has 1 fully saturated rings. The van der Waals surface area contributed by atoms with Crippen LogP contribution in [0, 0.1) is 5.82 Å². The second-order valence-corrected chi connectivity index (χ2v) is 5.41. The van der Waals surface area contributed by atoms with Crippen molar-refractivity contribution in [1.82, 2.24) is 4.90 Å². The number of carbonyl (C=O) groups is 1. The molecule has 0 saturated carbocycles. The molecule has 1 N–H and O–H groups in total. The van der Waals surface area contributed by atoms with Crippen LogP contribution >= 0.6 is 23.2 Å². The van der Waals surface area contributed by atoms with Crippen LogP contribution < -0.4 is 0 Å². The molecule has 110 valence electrons. The fraction of sp³-hybridized carbons (Fsp3) is 0.462. The lowest BCUT2D eigenvalue weighted by molar-refractivity contribution is -0.137. The first kappa shape index (κ1) is 15.5. The molecule has 20 heavy (non-hydrogen) atoms. The summed E-state index contributed by atoms with van der Waals surface area (Å²) in [6.45, 7) is 2.01. The zero-order valence-corrected chi connectivity index (χ0v) is 12.1. The summed E-state index contributed by atoms with van der Waals surface area (Å²) in [4.78, 5) is 12.5. The molecule has 0 bridgehead atoms. The second-order valence-electron chi connectivity index (χ2n) is 4.59. The van der Waals surface area contributed by atoms with Crippen molar-refractivity contribution in [3.05, 3.63) is 33.6 Å². The summed E-state index contributed by atoms with van der Waals surface area (Å²) in [5, 5.41) is 9.01. The summed E-state index contributed by atoms with van der Waals surface area (Å²) in [7, 11) is 0. The smallest absolute Gasteiger partial charge is 0.304 e. The third kappa shape index (κ3) is 3.82. The summed E-state index contributed by atoms with van der Waals surface area (Å²) >= 11 is 11.7. The van der Waals surface area contributed by atoms with Gasteiger partial charge in [0.25, 0.3) is 0 Å². The lowest BCUT2D eigenvalue weighted by atomic mass is 10.1. The normalized spacial score (nSPS) is 20.1. The van der Waals surface area contributed by atoms with Crippen LogP contribution in [0.3, 0.4) is 0 Å². The van der Waals surface area contributed by atoms with E-state index in [0.717, 1.165) is 0 Å². The Morgan fingerprint density at radius 3 is 2.90 bits per heavy atom. The number of halogens is 3. The third-order valence-corrected chi connectivity index (χ3v) is 3.80. The van der Waals surface area contributed by atoms with Crippen molar-refractivity contribution in [1.29, 1.82) is 0 Å². The number of carboxylic acids is 1. The first-order valence-electron chi connectivity index (χ1n) is 6.17. The van der Waals surface area contributed by atoms with Gasteiger partial charge in [-0.3, -0.25) is 9.69 Å². The number of hydrogen-bond acceptors (Lipinski definition) is 3. The van der Waals surface area contributed by atoms with Gasteiger partial charge in [-0.2, -0.15) is 0 Å². The Kier molecular flexibility index (Phi) is 5.21. The first-order chi connectivity index (χ1) is 9.47. The molecule has 1 aromatic rings. The van der Waals surface area contributed by atoms with Crippen LogP contribution in [0.2, 0.25) is 10.0 Å². The lowest BCUT2D eigenvalue weighted by Gasteiger charge is -2.33. The Balaban J connectivity index is 2.08. The quantitative estimate of drug-likeness (QED) is 0.866. The Morgan fingerprint density at radius 2 is 2.20 bits per heavy atom. The van der Waals surface area contributed by atoms with E-state index in [2.05, 4.69) is 0 Å². The van der Waals surface area contributed by atoms with Gasteiger partial charge in [0.15, 0.2) is 0 Å². The van der Waals surface area contributed by atoms with E-state index < -0.39 is 11.8 Å². The number of hydrogen-bond donors (Lipinski definition) is 1. The van der Waals surface area contributed by atoms with Crippen molar-refractivity contribution >= 4 is 29.2 Å².